The fourth-order valence-corrected chi connectivity index (χ4v) is 2.74. The Morgan fingerprint density at radius 2 is 2.05 bits per heavy atom. The summed E-state index contributed by atoms with van der Waals surface area (Å²) in [5.41, 5.74) is 0. The first-order valence-electron chi connectivity index (χ1n) is 7.34. The molecule has 0 spiro atoms. The second-order valence-electron chi connectivity index (χ2n) is 5.51. The third-order valence-corrected chi connectivity index (χ3v) is 3.98. The molecule has 0 aromatic carbocycles. The van der Waals surface area contributed by atoms with Gasteiger partial charge in [-0.3, -0.25) is 4.90 Å². The van der Waals surface area contributed by atoms with Crippen LogP contribution in [-0.4, -0.2) is 47.1 Å². The predicted octanol–water partition coefficient (Wildman–Crippen LogP) is 1.73. The molecule has 2 N–H and O–H groups in total. The van der Waals surface area contributed by atoms with E-state index in [-0.39, 0.29) is 0 Å². The average molecular weight is 261 g/mol. The van der Waals surface area contributed by atoms with E-state index < -0.39 is 0 Å². The van der Waals surface area contributed by atoms with Gasteiger partial charge in [0, 0.05) is 44.7 Å². The van der Waals surface area contributed by atoms with E-state index >= 15 is 0 Å². The van der Waals surface area contributed by atoms with Crippen LogP contribution in [0.5, 0.6) is 0 Å². The number of rotatable bonds is 5. The van der Waals surface area contributed by atoms with Gasteiger partial charge >= 0.3 is 0 Å². The zero-order valence-electron chi connectivity index (χ0n) is 11.8. The van der Waals surface area contributed by atoms with E-state index in [1.807, 2.05) is 13.1 Å². The van der Waals surface area contributed by atoms with Gasteiger partial charge in [0.1, 0.15) is 17.5 Å². The lowest BCUT2D eigenvalue weighted by Crippen LogP contribution is -2.28. The van der Waals surface area contributed by atoms with Gasteiger partial charge in [0.15, 0.2) is 0 Å². The second kappa shape index (κ2) is 5.33. The van der Waals surface area contributed by atoms with E-state index in [2.05, 4.69) is 32.4 Å². The van der Waals surface area contributed by atoms with Gasteiger partial charge in [-0.25, -0.2) is 9.97 Å². The van der Waals surface area contributed by atoms with Crippen LogP contribution < -0.4 is 10.6 Å². The Morgan fingerprint density at radius 1 is 1.26 bits per heavy atom. The number of aryl methyl sites for hydroxylation is 1. The molecule has 5 nitrogen and oxygen atoms in total. The van der Waals surface area contributed by atoms with Crippen LogP contribution in [0.3, 0.4) is 0 Å². The Hall–Kier alpha value is -1.36. The summed E-state index contributed by atoms with van der Waals surface area (Å²) in [5.74, 6) is 2.75. The molecule has 1 saturated heterocycles. The van der Waals surface area contributed by atoms with Gasteiger partial charge in [-0.05, 0) is 19.3 Å². The minimum absolute atomic E-state index is 0.532. The second-order valence-corrected chi connectivity index (χ2v) is 5.51. The Morgan fingerprint density at radius 3 is 2.74 bits per heavy atom. The summed E-state index contributed by atoms with van der Waals surface area (Å²) in [6, 6.07) is 3.40. The Balaban J connectivity index is 1.65. The lowest BCUT2D eigenvalue weighted by atomic mass is 10.2. The fourth-order valence-electron chi connectivity index (χ4n) is 2.74. The zero-order chi connectivity index (χ0) is 13.2. The third kappa shape index (κ3) is 2.97. The average Bonchev–Trinajstić information content (AvgIpc) is 3.19. The first-order chi connectivity index (χ1) is 9.28. The minimum atomic E-state index is 0.532. The van der Waals surface area contributed by atoms with Gasteiger partial charge in [0.05, 0.1) is 0 Å². The van der Waals surface area contributed by atoms with E-state index in [0.29, 0.717) is 6.04 Å². The van der Waals surface area contributed by atoms with Crippen molar-refractivity contribution in [2.45, 2.75) is 44.7 Å². The minimum Gasteiger partial charge on any atom is -0.373 e. The highest BCUT2D eigenvalue weighted by atomic mass is 15.2. The zero-order valence-corrected chi connectivity index (χ0v) is 11.8. The summed E-state index contributed by atoms with van der Waals surface area (Å²) in [6.07, 6.45) is 4.87. The molecule has 19 heavy (non-hydrogen) atoms. The lowest BCUT2D eigenvalue weighted by molar-refractivity contribution is 0.326. The summed E-state index contributed by atoms with van der Waals surface area (Å²) in [4.78, 5) is 11.6. The maximum Gasteiger partial charge on any atom is 0.132 e. The van der Waals surface area contributed by atoms with Crippen molar-refractivity contribution in [3.63, 3.8) is 0 Å². The molecule has 3 rings (SSSR count). The number of likely N-dealkylation sites (tertiary alicyclic amines) is 1. The van der Waals surface area contributed by atoms with Crippen molar-refractivity contribution in [3.8, 4) is 0 Å². The Bertz CT molecular complexity index is 421. The van der Waals surface area contributed by atoms with Gasteiger partial charge in [-0.15, -0.1) is 0 Å². The van der Waals surface area contributed by atoms with Crippen LogP contribution in [0.15, 0.2) is 6.07 Å². The van der Waals surface area contributed by atoms with Crippen molar-refractivity contribution >= 4 is 11.6 Å². The van der Waals surface area contributed by atoms with Crippen LogP contribution in [0.2, 0.25) is 0 Å². The number of hydrogen-bond donors (Lipinski definition) is 2. The highest BCUT2D eigenvalue weighted by Gasteiger charge is 2.34. The van der Waals surface area contributed by atoms with E-state index in [1.165, 1.54) is 25.8 Å². The number of aromatic nitrogens is 2. The molecule has 1 atom stereocenters. The van der Waals surface area contributed by atoms with E-state index in [4.69, 9.17) is 0 Å². The van der Waals surface area contributed by atoms with Gasteiger partial charge in [-0.1, -0.05) is 6.92 Å². The normalized spacial score (nSPS) is 23.6. The van der Waals surface area contributed by atoms with Crippen LogP contribution in [0, 0.1) is 0 Å². The van der Waals surface area contributed by atoms with Crippen molar-refractivity contribution in [2.24, 2.45) is 0 Å². The molecule has 104 valence electrons. The summed E-state index contributed by atoms with van der Waals surface area (Å²) in [6.45, 7) is 4.47. The third-order valence-electron chi connectivity index (χ3n) is 3.98. The smallest absolute Gasteiger partial charge is 0.132 e. The van der Waals surface area contributed by atoms with Crippen molar-refractivity contribution in [1.29, 1.82) is 0 Å². The highest BCUT2D eigenvalue weighted by molar-refractivity contribution is 5.48. The van der Waals surface area contributed by atoms with Crippen molar-refractivity contribution in [3.05, 3.63) is 11.9 Å². The molecule has 0 bridgehead atoms. The number of anilines is 2. The molecule has 2 fully saturated rings. The lowest BCUT2D eigenvalue weighted by Gasteiger charge is -2.17. The Labute approximate surface area is 114 Å². The molecule has 0 amide bonds. The maximum atomic E-state index is 4.57. The summed E-state index contributed by atoms with van der Waals surface area (Å²) < 4.78 is 0. The summed E-state index contributed by atoms with van der Waals surface area (Å²) >= 11 is 0. The fraction of sp³-hybridized carbons (Fsp3) is 0.714. The number of hydrogen-bond acceptors (Lipinski definition) is 5. The van der Waals surface area contributed by atoms with Crippen LogP contribution in [0.4, 0.5) is 11.6 Å². The standard InChI is InChI=1S/C14H23N5/c1-3-12-17-13(15-2)8-14(18-12)16-10-6-7-19(9-10)11-4-5-11/h8,10-11H,3-7,9H2,1-2H3,(H2,15,16,17,18). The summed E-state index contributed by atoms with van der Waals surface area (Å²) in [5, 5.41) is 6.67. The molecular weight excluding hydrogens is 238 g/mol. The van der Waals surface area contributed by atoms with Crippen molar-refractivity contribution < 1.29 is 0 Å². The van der Waals surface area contributed by atoms with Crippen molar-refractivity contribution in [1.82, 2.24) is 14.9 Å². The first-order valence-corrected chi connectivity index (χ1v) is 7.34. The first kappa shape index (κ1) is 12.7. The molecule has 1 aliphatic carbocycles. The van der Waals surface area contributed by atoms with Gasteiger partial charge in [-0.2, -0.15) is 0 Å². The van der Waals surface area contributed by atoms with Crippen LogP contribution >= 0.6 is 0 Å². The quantitative estimate of drug-likeness (QED) is 0.845. The molecule has 5 heteroatoms. The molecule has 0 radical (unpaired) electrons. The van der Waals surface area contributed by atoms with Gasteiger partial charge in [0.2, 0.25) is 0 Å². The molecule has 2 aliphatic rings. The molecule has 1 aliphatic heterocycles. The Kier molecular flexibility index (Phi) is 3.55. The SMILES string of the molecule is CCc1nc(NC)cc(NC2CCN(C3CC3)C2)n1. The molecule has 2 heterocycles. The van der Waals surface area contributed by atoms with E-state index in [1.54, 1.807) is 0 Å². The molecule has 1 aromatic heterocycles. The molecule has 1 aromatic rings. The molecule has 1 saturated carbocycles. The molecular formula is C14H23N5. The highest BCUT2D eigenvalue weighted by Crippen LogP contribution is 2.30. The van der Waals surface area contributed by atoms with Gasteiger partial charge < -0.3 is 10.6 Å². The topological polar surface area (TPSA) is 53.1 Å². The number of nitrogens with zero attached hydrogens (tertiary/aromatic N) is 3. The molecule has 1 unspecified atom stereocenters. The van der Waals surface area contributed by atoms with Gasteiger partial charge in [0.25, 0.3) is 0 Å². The monoisotopic (exact) mass is 261 g/mol. The summed E-state index contributed by atoms with van der Waals surface area (Å²) in [7, 11) is 1.90. The van der Waals surface area contributed by atoms with Crippen LogP contribution in [-0.2, 0) is 6.42 Å². The van der Waals surface area contributed by atoms with E-state index in [0.717, 1.165) is 36.5 Å². The van der Waals surface area contributed by atoms with Crippen molar-refractivity contribution in [2.75, 3.05) is 30.8 Å². The largest absolute Gasteiger partial charge is 0.373 e. The van der Waals surface area contributed by atoms with Crippen LogP contribution in [0.25, 0.3) is 0 Å². The number of nitrogens with one attached hydrogen (secondary N) is 2. The van der Waals surface area contributed by atoms with E-state index in [9.17, 15) is 0 Å². The van der Waals surface area contributed by atoms with Crippen LogP contribution in [0.1, 0.15) is 32.0 Å². The predicted molar refractivity (Wildman–Crippen MR) is 77.6 cm³/mol. The maximum absolute atomic E-state index is 4.57.